The third-order valence-electron chi connectivity index (χ3n) is 3.72. The molecule has 5 heteroatoms. The van der Waals surface area contributed by atoms with E-state index in [-0.39, 0.29) is 17.9 Å². The first-order valence-corrected chi connectivity index (χ1v) is 6.91. The van der Waals surface area contributed by atoms with E-state index in [0.717, 1.165) is 19.4 Å². The molecule has 0 aromatic heterocycles. The van der Waals surface area contributed by atoms with Gasteiger partial charge < -0.3 is 15.7 Å². The Labute approximate surface area is 118 Å². The van der Waals surface area contributed by atoms with Crippen LogP contribution in [0.2, 0.25) is 0 Å². The lowest BCUT2D eigenvalue weighted by Gasteiger charge is -2.30. The fourth-order valence-corrected chi connectivity index (χ4v) is 2.57. The molecule has 0 bridgehead atoms. The van der Waals surface area contributed by atoms with Crippen molar-refractivity contribution in [2.24, 2.45) is 5.92 Å². The Balaban J connectivity index is 2.08. The quantitative estimate of drug-likeness (QED) is 0.775. The largest absolute Gasteiger partial charge is 0.479 e. The smallest absolute Gasteiger partial charge is 0.330 e. The van der Waals surface area contributed by atoms with Crippen LogP contribution in [0.15, 0.2) is 30.3 Å². The SMILES string of the molecule is CC1CCCNC1C(=O)N[C@@H](C(=O)O)c1ccccc1. The predicted molar refractivity (Wildman–Crippen MR) is 75.2 cm³/mol. The molecule has 0 radical (unpaired) electrons. The lowest BCUT2D eigenvalue weighted by molar-refractivity contribution is -0.142. The summed E-state index contributed by atoms with van der Waals surface area (Å²) in [6, 6.07) is 7.44. The van der Waals surface area contributed by atoms with Gasteiger partial charge in [-0.05, 0) is 30.9 Å². The fourth-order valence-electron chi connectivity index (χ4n) is 2.57. The van der Waals surface area contributed by atoms with Crippen LogP contribution in [0.4, 0.5) is 0 Å². The highest BCUT2D eigenvalue weighted by Gasteiger charge is 2.31. The lowest BCUT2D eigenvalue weighted by atomic mass is 9.92. The molecule has 0 saturated carbocycles. The zero-order valence-corrected chi connectivity index (χ0v) is 11.5. The highest BCUT2D eigenvalue weighted by molar-refractivity contribution is 5.87. The summed E-state index contributed by atoms with van der Waals surface area (Å²) >= 11 is 0. The molecule has 1 aromatic carbocycles. The van der Waals surface area contributed by atoms with Crippen LogP contribution in [0.3, 0.4) is 0 Å². The van der Waals surface area contributed by atoms with Crippen LogP contribution in [0.5, 0.6) is 0 Å². The molecule has 2 unspecified atom stereocenters. The van der Waals surface area contributed by atoms with Crippen LogP contribution in [-0.2, 0) is 9.59 Å². The van der Waals surface area contributed by atoms with Crippen molar-refractivity contribution in [3.63, 3.8) is 0 Å². The zero-order valence-electron chi connectivity index (χ0n) is 11.5. The summed E-state index contributed by atoms with van der Waals surface area (Å²) in [7, 11) is 0. The number of carbonyl (C=O) groups is 2. The summed E-state index contributed by atoms with van der Waals surface area (Å²) in [4.78, 5) is 23.6. The second-order valence-corrected chi connectivity index (χ2v) is 5.24. The average Bonchev–Trinajstić information content (AvgIpc) is 2.45. The van der Waals surface area contributed by atoms with Crippen molar-refractivity contribution in [1.82, 2.24) is 10.6 Å². The van der Waals surface area contributed by atoms with Gasteiger partial charge in [-0.1, -0.05) is 37.3 Å². The zero-order chi connectivity index (χ0) is 14.5. The van der Waals surface area contributed by atoms with E-state index in [2.05, 4.69) is 10.6 Å². The molecule has 2 rings (SSSR count). The molecule has 3 N–H and O–H groups in total. The van der Waals surface area contributed by atoms with E-state index in [1.54, 1.807) is 24.3 Å². The summed E-state index contributed by atoms with van der Waals surface area (Å²) < 4.78 is 0. The van der Waals surface area contributed by atoms with Crippen molar-refractivity contribution in [2.75, 3.05) is 6.54 Å². The predicted octanol–water partition coefficient (Wildman–Crippen LogP) is 1.32. The second-order valence-electron chi connectivity index (χ2n) is 5.24. The van der Waals surface area contributed by atoms with Gasteiger partial charge in [0.25, 0.3) is 0 Å². The van der Waals surface area contributed by atoms with Gasteiger partial charge >= 0.3 is 5.97 Å². The molecule has 5 nitrogen and oxygen atoms in total. The number of carbonyl (C=O) groups excluding carboxylic acids is 1. The van der Waals surface area contributed by atoms with Gasteiger partial charge in [0.2, 0.25) is 5.91 Å². The van der Waals surface area contributed by atoms with E-state index < -0.39 is 12.0 Å². The number of piperidine rings is 1. The minimum Gasteiger partial charge on any atom is -0.479 e. The number of carboxylic acid groups (broad SMARTS) is 1. The number of aliphatic carboxylic acids is 1. The Morgan fingerprint density at radius 3 is 2.65 bits per heavy atom. The fraction of sp³-hybridized carbons (Fsp3) is 0.467. The van der Waals surface area contributed by atoms with Crippen molar-refractivity contribution >= 4 is 11.9 Å². The van der Waals surface area contributed by atoms with E-state index in [0.29, 0.717) is 5.56 Å². The van der Waals surface area contributed by atoms with Gasteiger partial charge in [-0.25, -0.2) is 4.79 Å². The molecule has 0 aliphatic carbocycles. The third-order valence-corrected chi connectivity index (χ3v) is 3.72. The molecule has 3 atom stereocenters. The van der Waals surface area contributed by atoms with Gasteiger partial charge in [0.05, 0.1) is 6.04 Å². The molecule has 1 fully saturated rings. The van der Waals surface area contributed by atoms with Crippen LogP contribution in [0.25, 0.3) is 0 Å². The number of nitrogens with one attached hydrogen (secondary N) is 2. The second kappa shape index (κ2) is 6.52. The minimum absolute atomic E-state index is 0.217. The number of hydrogen-bond donors (Lipinski definition) is 3. The molecular weight excluding hydrogens is 256 g/mol. The standard InChI is InChI=1S/C15H20N2O3/c1-10-6-5-9-16-12(10)14(18)17-13(15(19)20)11-7-3-2-4-8-11/h2-4,7-8,10,12-13,16H,5-6,9H2,1H3,(H,17,18)(H,19,20)/t10?,12?,13-/m1/s1. The Morgan fingerprint density at radius 1 is 1.35 bits per heavy atom. The highest BCUT2D eigenvalue weighted by atomic mass is 16.4. The van der Waals surface area contributed by atoms with Gasteiger partial charge in [0.1, 0.15) is 0 Å². The number of rotatable bonds is 4. The summed E-state index contributed by atoms with van der Waals surface area (Å²) in [5.41, 5.74) is 0.580. The van der Waals surface area contributed by atoms with Crippen LogP contribution in [-0.4, -0.2) is 29.6 Å². The first-order chi connectivity index (χ1) is 9.59. The van der Waals surface area contributed by atoms with Crippen molar-refractivity contribution in [3.05, 3.63) is 35.9 Å². The molecule has 0 spiro atoms. The van der Waals surface area contributed by atoms with Gasteiger partial charge in [0, 0.05) is 0 Å². The molecule has 1 saturated heterocycles. The summed E-state index contributed by atoms with van der Waals surface area (Å²) in [5.74, 6) is -1.07. The minimum atomic E-state index is -1.05. The monoisotopic (exact) mass is 276 g/mol. The highest BCUT2D eigenvalue weighted by Crippen LogP contribution is 2.18. The third kappa shape index (κ3) is 3.36. The number of carboxylic acids is 1. The Kier molecular flexibility index (Phi) is 4.74. The molecule has 1 aliphatic rings. The molecule has 1 aromatic rings. The first kappa shape index (κ1) is 14.5. The van der Waals surface area contributed by atoms with Gasteiger partial charge in [-0.3, -0.25) is 4.79 Å². The van der Waals surface area contributed by atoms with Crippen molar-refractivity contribution < 1.29 is 14.7 Å². The van der Waals surface area contributed by atoms with Crippen LogP contribution < -0.4 is 10.6 Å². The number of amides is 1. The summed E-state index contributed by atoms with van der Waals surface area (Å²) in [5, 5.41) is 15.1. The molecule has 1 aliphatic heterocycles. The van der Waals surface area contributed by atoms with E-state index in [4.69, 9.17) is 0 Å². The van der Waals surface area contributed by atoms with Crippen molar-refractivity contribution in [2.45, 2.75) is 31.8 Å². The summed E-state index contributed by atoms with van der Waals surface area (Å²) in [6.07, 6.45) is 2.03. The van der Waals surface area contributed by atoms with Crippen molar-refractivity contribution in [1.29, 1.82) is 0 Å². The molecule has 20 heavy (non-hydrogen) atoms. The van der Waals surface area contributed by atoms with Gasteiger partial charge in [-0.15, -0.1) is 0 Å². The van der Waals surface area contributed by atoms with Gasteiger partial charge in [-0.2, -0.15) is 0 Å². The molecule has 108 valence electrons. The number of hydrogen-bond acceptors (Lipinski definition) is 3. The lowest BCUT2D eigenvalue weighted by Crippen LogP contribution is -2.52. The van der Waals surface area contributed by atoms with Crippen LogP contribution >= 0.6 is 0 Å². The Morgan fingerprint density at radius 2 is 2.05 bits per heavy atom. The number of benzene rings is 1. The molecular formula is C15H20N2O3. The van der Waals surface area contributed by atoms with E-state index in [9.17, 15) is 14.7 Å². The van der Waals surface area contributed by atoms with Crippen LogP contribution in [0, 0.1) is 5.92 Å². The first-order valence-electron chi connectivity index (χ1n) is 6.91. The normalized spacial score (nSPS) is 23.9. The van der Waals surface area contributed by atoms with Crippen LogP contribution in [0.1, 0.15) is 31.4 Å². The average molecular weight is 276 g/mol. The maximum absolute atomic E-state index is 12.3. The van der Waals surface area contributed by atoms with E-state index >= 15 is 0 Å². The maximum Gasteiger partial charge on any atom is 0.330 e. The Bertz CT molecular complexity index is 475. The summed E-state index contributed by atoms with van der Waals surface area (Å²) in [6.45, 7) is 2.81. The van der Waals surface area contributed by atoms with E-state index in [1.807, 2.05) is 13.0 Å². The van der Waals surface area contributed by atoms with Gasteiger partial charge in [0.15, 0.2) is 6.04 Å². The Hall–Kier alpha value is -1.88. The topological polar surface area (TPSA) is 78.4 Å². The van der Waals surface area contributed by atoms with E-state index in [1.165, 1.54) is 0 Å². The molecule has 1 amide bonds. The molecule has 1 heterocycles. The maximum atomic E-state index is 12.3. The van der Waals surface area contributed by atoms with Crippen molar-refractivity contribution in [3.8, 4) is 0 Å².